The highest BCUT2D eigenvalue weighted by molar-refractivity contribution is 7.89. The molecule has 0 unspecified atom stereocenters. The minimum absolute atomic E-state index is 0.0188. The molecule has 1 aromatic heterocycles. The SMILES string of the molecule is Cc1ccc(OCCS(=O)(=O)N2CCCn3cncc3C2)cc1. The number of sulfonamides is 1. The minimum atomic E-state index is -3.34. The average molecular weight is 335 g/mol. The lowest BCUT2D eigenvalue weighted by molar-refractivity contribution is 0.333. The van der Waals surface area contributed by atoms with Gasteiger partial charge >= 0.3 is 0 Å². The molecule has 2 aromatic rings. The number of imidazole rings is 1. The van der Waals surface area contributed by atoms with E-state index in [0.29, 0.717) is 18.8 Å². The van der Waals surface area contributed by atoms with Crippen molar-refractivity contribution in [3.05, 3.63) is 48.0 Å². The Morgan fingerprint density at radius 1 is 1.22 bits per heavy atom. The Hall–Kier alpha value is -1.86. The molecule has 6 nitrogen and oxygen atoms in total. The number of fused-ring (bicyclic) bond motifs is 1. The van der Waals surface area contributed by atoms with Crippen LogP contribution in [0.25, 0.3) is 0 Å². The second-order valence-electron chi connectivity index (χ2n) is 5.74. The molecule has 0 fully saturated rings. The van der Waals surface area contributed by atoms with Crippen LogP contribution in [0.1, 0.15) is 17.7 Å². The molecular formula is C16H21N3O3S. The second kappa shape index (κ2) is 6.72. The van der Waals surface area contributed by atoms with Crippen molar-refractivity contribution in [2.45, 2.75) is 26.4 Å². The summed E-state index contributed by atoms with van der Waals surface area (Å²) in [6.07, 6.45) is 4.28. The van der Waals surface area contributed by atoms with Gasteiger partial charge in [-0.15, -0.1) is 0 Å². The van der Waals surface area contributed by atoms with E-state index >= 15 is 0 Å². The van der Waals surface area contributed by atoms with Crippen LogP contribution in [0.15, 0.2) is 36.8 Å². The normalized spacial score (nSPS) is 15.9. The van der Waals surface area contributed by atoms with Crippen molar-refractivity contribution < 1.29 is 13.2 Å². The fourth-order valence-electron chi connectivity index (χ4n) is 2.62. The Morgan fingerprint density at radius 3 is 2.78 bits per heavy atom. The van der Waals surface area contributed by atoms with Gasteiger partial charge in [0.15, 0.2) is 0 Å². The van der Waals surface area contributed by atoms with Crippen LogP contribution in [0.2, 0.25) is 0 Å². The van der Waals surface area contributed by atoms with Gasteiger partial charge in [0.1, 0.15) is 12.4 Å². The first kappa shape index (κ1) is 16.0. The number of aryl methyl sites for hydroxylation is 2. The molecule has 0 N–H and O–H groups in total. The fraction of sp³-hybridized carbons (Fsp3) is 0.438. The molecule has 0 atom stereocenters. The molecule has 7 heteroatoms. The number of hydrogen-bond acceptors (Lipinski definition) is 4. The highest BCUT2D eigenvalue weighted by Crippen LogP contribution is 2.16. The van der Waals surface area contributed by atoms with Gasteiger partial charge in [-0.1, -0.05) is 17.7 Å². The Bertz CT molecular complexity index is 753. The van der Waals surface area contributed by atoms with E-state index in [1.165, 1.54) is 4.31 Å². The molecule has 23 heavy (non-hydrogen) atoms. The van der Waals surface area contributed by atoms with Crippen molar-refractivity contribution in [3.8, 4) is 5.75 Å². The summed E-state index contributed by atoms with van der Waals surface area (Å²) in [5.74, 6) is 0.675. The maximum Gasteiger partial charge on any atom is 0.217 e. The van der Waals surface area contributed by atoms with Gasteiger partial charge in [0.2, 0.25) is 10.0 Å². The molecule has 0 saturated heterocycles. The van der Waals surface area contributed by atoms with Crippen molar-refractivity contribution in [1.29, 1.82) is 0 Å². The molecule has 124 valence electrons. The molecule has 0 aliphatic carbocycles. The van der Waals surface area contributed by atoms with Crippen LogP contribution in [-0.2, 0) is 23.1 Å². The molecule has 0 amide bonds. The number of ether oxygens (including phenoxy) is 1. The summed E-state index contributed by atoms with van der Waals surface area (Å²) in [4.78, 5) is 4.09. The van der Waals surface area contributed by atoms with Crippen LogP contribution >= 0.6 is 0 Å². The van der Waals surface area contributed by atoms with Gasteiger partial charge in [0, 0.05) is 19.3 Å². The first-order valence-electron chi connectivity index (χ1n) is 7.71. The highest BCUT2D eigenvalue weighted by Gasteiger charge is 2.25. The van der Waals surface area contributed by atoms with E-state index in [0.717, 1.165) is 24.2 Å². The monoisotopic (exact) mass is 335 g/mol. The quantitative estimate of drug-likeness (QED) is 0.836. The largest absolute Gasteiger partial charge is 0.492 e. The van der Waals surface area contributed by atoms with Crippen molar-refractivity contribution in [2.75, 3.05) is 18.9 Å². The van der Waals surface area contributed by atoms with Crippen molar-refractivity contribution in [2.24, 2.45) is 0 Å². The summed E-state index contributed by atoms with van der Waals surface area (Å²) in [5, 5.41) is 0. The van der Waals surface area contributed by atoms with Crippen LogP contribution in [0, 0.1) is 6.92 Å². The third-order valence-corrected chi connectivity index (χ3v) is 5.75. The minimum Gasteiger partial charge on any atom is -0.492 e. The Labute approximate surface area is 136 Å². The Balaban J connectivity index is 1.59. The summed E-state index contributed by atoms with van der Waals surface area (Å²) in [6.45, 7) is 3.88. The van der Waals surface area contributed by atoms with E-state index in [1.54, 1.807) is 12.5 Å². The number of benzene rings is 1. The summed E-state index contributed by atoms with van der Waals surface area (Å²) < 4.78 is 34.2. The summed E-state index contributed by atoms with van der Waals surface area (Å²) in [6, 6.07) is 7.60. The molecule has 1 aliphatic rings. The van der Waals surface area contributed by atoms with E-state index in [1.807, 2.05) is 35.8 Å². The predicted molar refractivity (Wildman–Crippen MR) is 87.7 cm³/mol. The number of rotatable bonds is 5. The summed E-state index contributed by atoms with van der Waals surface area (Å²) >= 11 is 0. The van der Waals surface area contributed by atoms with Gasteiger partial charge in [-0.3, -0.25) is 0 Å². The maximum atomic E-state index is 12.5. The molecule has 1 aliphatic heterocycles. The number of aromatic nitrogens is 2. The van der Waals surface area contributed by atoms with Crippen molar-refractivity contribution in [1.82, 2.24) is 13.9 Å². The van der Waals surface area contributed by atoms with Gasteiger partial charge in [0.05, 0.1) is 24.3 Å². The van der Waals surface area contributed by atoms with Crippen LogP contribution < -0.4 is 4.74 Å². The fourth-order valence-corrected chi connectivity index (χ4v) is 3.91. The average Bonchev–Trinajstić information content (AvgIpc) is 2.86. The van der Waals surface area contributed by atoms with E-state index < -0.39 is 10.0 Å². The van der Waals surface area contributed by atoms with Crippen LogP contribution in [0.5, 0.6) is 5.75 Å². The lowest BCUT2D eigenvalue weighted by Crippen LogP contribution is -2.34. The predicted octanol–water partition coefficient (Wildman–Crippen LogP) is 1.81. The topological polar surface area (TPSA) is 64.4 Å². The van der Waals surface area contributed by atoms with Gasteiger partial charge in [-0.2, -0.15) is 4.31 Å². The van der Waals surface area contributed by atoms with Gasteiger partial charge in [-0.25, -0.2) is 13.4 Å². The van der Waals surface area contributed by atoms with E-state index in [2.05, 4.69) is 4.98 Å². The number of hydrogen-bond donors (Lipinski definition) is 0. The zero-order valence-corrected chi connectivity index (χ0v) is 14.0. The summed E-state index contributed by atoms with van der Waals surface area (Å²) in [5.41, 5.74) is 2.08. The molecule has 0 saturated carbocycles. The maximum absolute atomic E-state index is 12.5. The molecule has 1 aromatic carbocycles. The molecule has 3 rings (SSSR count). The molecule has 0 radical (unpaired) electrons. The second-order valence-corrected chi connectivity index (χ2v) is 7.83. The lowest BCUT2D eigenvalue weighted by Gasteiger charge is -2.19. The van der Waals surface area contributed by atoms with E-state index in [4.69, 9.17) is 4.74 Å². The van der Waals surface area contributed by atoms with Crippen LogP contribution in [0.4, 0.5) is 0 Å². The molecule has 2 heterocycles. The van der Waals surface area contributed by atoms with E-state index in [-0.39, 0.29) is 12.4 Å². The zero-order chi connectivity index (χ0) is 16.3. The highest BCUT2D eigenvalue weighted by atomic mass is 32.2. The van der Waals surface area contributed by atoms with Crippen LogP contribution in [-0.4, -0.2) is 41.2 Å². The third-order valence-electron chi connectivity index (χ3n) is 3.97. The van der Waals surface area contributed by atoms with Gasteiger partial charge in [-0.05, 0) is 25.5 Å². The third kappa shape index (κ3) is 3.92. The number of nitrogens with zero attached hydrogens (tertiary/aromatic N) is 3. The zero-order valence-electron chi connectivity index (χ0n) is 13.2. The Kier molecular flexibility index (Phi) is 4.68. The molecule has 0 spiro atoms. The standard InChI is InChI=1S/C16H21N3O3S/c1-14-3-5-16(6-4-14)22-9-10-23(20,21)19-8-2-7-18-13-17-11-15(18)12-19/h3-6,11,13H,2,7-10,12H2,1H3. The smallest absolute Gasteiger partial charge is 0.217 e. The first-order chi connectivity index (χ1) is 11.0. The summed E-state index contributed by atoms with van der Waals surface area (Å²) in [7, 11) is -3.34. The van der Waals surface area contributed by atoms with Crippen molar-refractivity contribution >= 4 is 10.0 Å². The van der Waals surface area contributed by atoms with Gasteiger partial charge < -0.3 is 9.30 Å². The molecular weight excluding hydrogens is 314 g/mol. The van der Waals surface area contributed by atoms with Crippen LogP contribution in [0.3, 0.4) is 0 Å². The van der Waals surface area contributed by atoms with Crippen molar-refractivity contribution in [3.63, 3.8) is 0 Å². The first-order valence-corrected chi connectivity index (χ1v) is 9.32. The lowest BCUT2D eigenvalue weighted by atomic mass is 10.2. The Morgan fingerprint density at radius 2 is 2.00 bits per heavy atom. The molecule has 0 bridgehead atoms. The van der Waals surface area contributed by atoms with E-state index in [9.17, 15) is 8.42 Å². The van der Waals surface area contributed by atoms with Gasteiger partial charge in [0.25, 0.3) is 0 Å².